The molecule has 0 aromatic heterocycles. The summed E-state index contributed by atoms with van der Waals surface area (Å²) in [4.78, 5) is 14.6. The third-order valence-electron chi connectivity index (χ3n) is 4.73. The number of rotatable bonds is 6. The Hall–Kier alpha value is -1.35. The normalized spacial score (nSPS) is 21.7. The largest absolute Gasteiger partial charge is 0.356 e. The fourth-order valence-electron chi connectivity index (χ4n) is 3.41. The molecule has 0 aliphatic carbocycles. The van der Waals surface area contributed by atoms with Crippen LogP contribution in [0.15, 0.2) is 30.3 Å². The molecule has 0 spiro atoms. The van der Waals surface area contributed by atoms with Crippen LogP contribution >= 0.6 is 0 Å². The molecule has 0 radical (unpaired) electrons. The maximum atomic E-state index is 12.0. The van der Waals surface area contributed by atoms with Crippen molar-refractivity contribution in [3.8, 4) is 0 Å². The van der Waals surface area contributed by atoms with E-state index in [1.54, 1.807) is 0 Å². The number of amides is 1. The Balaban J connectivity index is 2.11. The molecule has 1 N–H and O–H groups in total. The lowest BCUT2D eigenvalue weighted by molar-refractivity contribution is -0.123. The van der Waals surface area contributed by atoms with Crippen LogP contribution in [-0.4, -0.2) is 29.9 Å². The molecule has 0 saturated carbocycles. The molecule has 1 aromatic rings. The summed E-state index contributed by atoms with van der Waals surface area (Å²) in [6.07, 6.45) is 6.50. The van der Waals surface area contributed by atoms with Gasteiger partial charge >= 0.3 is 0 Å². The zero-order chi connectivity index (χ0) is 15.8. The monoisotopic (exact) mass is 302 g/mol. The molecule has 2 atom stereocenters. The van der Waals surface area contributed by atoms with Gasteiger partial charge in [-0.05, 0) is 25.3 Å². The minimum absolute atomic E-state index is 0.214. The molecule has 1 heterocycles. The molecule has 1 aliphatic rings. The van der Waals surface area contributed by atoms with Gasteiger partial charge < -0.3 is 5.32 Å². The molecule has 122 valence electrons. The maximum absolute atomic E-state index is 12.0. The number of nitrogens with zero attached hydrogens (tertiary/aromatic N) is 1. The van der Waals surface area contributed by atoms with Crippen molar-refractivity contribution < 1.29 is 4.79 Å². The third kappa shape index (κ3) is 4.84. The van der Waals surface area contributed by atoms with Crippen molar-refractivity contribution >= 4 is 5.91 Å². The summed E-state index contributed by atoms with van der Waals surface area (Å²) in [6.45, 7) is 6.38. The molecule has 0 unspecified atom stereocenters. The minimum atomic E-state index is 0.214. The van der Waals surface area contributed by atoms with E-state index in [0.29, 0.717) is 18.5 Å². The highest BCUT2D eigenvalue weighted by molar-refractivity contribution is 5.76. The Labute approximate surface area is 135 Å². The molecule has 2 rings (SSSR count). The standard InChI is InChI=1S/C19H30N2O/c1-3-4-6-12-18-15-19(22)20-13-9-14-21(18)16(2)17-10-7-5-8-11-17/h5,7-8,10-11,16,18H,3-4,6,9,12-15H2,1-2H3,(H,20,22)/t16-,18-/m1/s1. The number of carbonyl (C=O) groups excluding carboxylic acids is 1. The molecular weight excluding hydrogens is 272 g/mol. The summed E-state index contributed by atoms with van der Waals surface area (Å²) in [6, 6.07) is 11.4. The highest BCUT2D eigenvalue weighted by Crippen LogP contribution is 2.27. The van der Waals surface area contributed by atoms with Crippen molar-refractivity contribution in [3.63, 3.8) is 0 Å². The van der Waals surface area contributed by atoms with Crippen LogP contribution in [0.4, 0.5) is 0 Å². The van der Waals surface area contributed by atoms with Crippen molar-refractivity contribution in [2.75, 3.05) is 13.1 Å². The van der Waals surface area contributed by atoms with E-state index in [4.69, 9.17) is 0 Å². The fraction of sp³-hybridized carbons (Fsp3) is 0.632. The lowest BCUT2D eigenvalue weighted by atomic mass is 9.97. The summed E-state index contributed by atoms with van der Waals surface area (Å²) < 4.78 is 0. The molecule has 1 aromatic carbocycles. The van der Waals surface area contributed by atoms with Gasteiger partial charge in [-0.25, -0.2) is 0 Å². The van der Waals surface area contributed by atoms with Crippen LogP contribution < -0.4 is 5.32 Å². The maximum Gasteiger partial charge on any atom is 0.221 e. The van der Waals surface area contributed by atoms with E-state index >= 15 is 0 Å². The zero-order valence-corrected chi connectivity index (χ0v) is 14.1. The fourth-order valence-corrected chi connectivity index (χ4v) is 3.41. The average Bonchev–Trinajstić information content (AvgIpc) is 2.53. The molecule has 0 bridgehead atoms. The second-order valence-electron chi connectivity index (χ2n) is 6.38. The van der Waals surface area contributed by atoms with Gasteiger partial charge in [0.05, 0.1) is 0 Å². The molecule has 1 saturated heterocycles. The quantitative estimate of drug-likeness (QED) is 0.808. The van der Waals surface area contributed by atoms with Crippen LogP contribution in [0, 0.1) is 0 Å². The number of hydrogen-bond donors (Lipinski definition) is 1. The zero-order valence-electron chi connectivity index (χ0n) is 14.1. The van der Waals surface area contributed by atoms with Gasteiger partial charge in [-0.15, -0.1) is 0 Å². The third-order valence-corrected chi connectivity index (χ3v) is 4.73. The van der Waals surface area contributed by atoms with Crippen molar-refractivity contribution in [2.45, 2.75) is 64.5 Å². The molecule has 3 nitrogen and oxygen atoms in total. The van der Waals surface area contributed by atoms with E-state index in [2.05, 4.69) is 54.4 Å². The molecule has 3 heteroatoms. The molecule has 1 amide bonds. The Bertz CT molecular complexity index is 446. The van der Waals surface area contributed by atoms with Crippen LogP contribution in [0.25, 0.3) is 0 Å². The van der Waals surface area contributed by atoms with Gasteiger partial charge in [-0.1, -0.05) is 56.5 Å². The highest BCUT2D eigenvalue weighted by Gasteiger charge is 2.27. The second kappa shape index (κ2) is 8.94. The molecule has 22 heavy (non-hydrogen) atoms. The Kier molecular flexibility index (Phi) is 6.91. The first kappa shape index (κ1) is 17.0. The van der Waals surface area contributed by atoms with Crippen molar-refractivity contribution in [2.24, 2.45) is 0 Å². The van der Waals surface area contributed by atoms with E-state index < -0.39 is 0 Å². The van der Waals surface area contributed by atoms with E-state index in [1.165, 1.54) is 24.8 Å². The van der Waals surface area contributed by atoms with Gasteiger partial charge in [0, 0.05) is 31.6 Å². The van der Waals surface area contributed by atoms with Gasteiger partial charge in [0.25, 0.3) is 0 Å². The van der Waals surface area contributed by atoms with Crippen LogP contribution in [0.1, 0.15) is 64.0 Å². The molecular formula is C19H30N2O. The number of nitrogens with one attached hydrogen (secondary N) is 1. The van der Waals surface area contributed by atoms with Gasteiger partial charge in [-0.2, -0.15) is 0 Å². The van der Waals surface area contributed by atoms with E-state index in [-0.39, 0.29) is 5.91 Å². The van der Waals surface area contributed by atoms with Crippen molar-refractivity contribution in [1.29, 1.82) is 0 Å². The lowest BCUT2D eigenvalue weighted by Gasteiger charge is -2.38. The average molecular weight is 302 g/mol. The van der Waals surface area contributed by atoms with Gasteiger partial charge in [0.15, 0.2) is 0 Å². The first-order valence-electron chi connectivity index (χ1n) is 8.79. The number of hydrogen-bond acceptors (Lipinski definition) is 2. The summed E-state index contributed by atoms with van der Waals surface area (Å²) in [5, 5.41) is 3.04. The van der Waals surface area contributed by atoms with Gasteiger partial charge in [0.1, 0.15) is 0 Å². The highest BCUT2D eigenvalue weighted by atomic mass is 16.1. The summed E-state index contributed by atoms with van der Waals surface area (Å²) in [7, 11) is 0. The molecule has 1 fully saturated rings. The minimum Gasteiger partial charge on any atom is -0.356 e. The summed E-state index contributed by atoms with van der Waals surface area (Å²) in [5.74, 6) is 0.214. The van der Waals surface area contributed by atoms with Gasteiger partial charge in [-0.3, -0.25) is 9.69 Å². The first-order valence-corrected chi connectivity index (χ1v) is 8.79. The predicted molar refractivity (Wildman–Crippen MR) is 91.7 cm³/mol. The number of carbonyl (C=O) groups is 1. The van der Waals surface area contributed by atoms with Crippen LogP contribution in [0.2, 0.25) is 0 Å². The first-order chi connectivity index (χ1) is 10.7. The van der Waals surface area contributed by atoms with Crippen LogP contribution in [-0.2, 0) is 4.79 Å². The summed E-state index contributed by atoms with van der Waals surface area (Å²) in [5.41, 5.74) is 1.35. The smallest absolute Gasteiger partial charge is 0.221 e. The number of benzene rings is 1. The van der Waals surface area contributed by atoms with E-state index in [0.717, 1.165) is 25.9 Å². The van der Waals surface area contributed by atoms with Crippen molar-refractivity contribution in [3.05, 3.63) is 35.9 Å². The number of unbranched alkanes of at least 4 members (excludes halogenated alkanes) is 2. The Morgan fingerprint density at radius 3 is 2.77 bits per heavy atom. The van der Waals surface area contributed by atoms with E-state index in [1.807, 2.05) is 0 Å². The Morgan fingerprint density at radius 2 is 2.05 bits per heavy atom. The summed E-state index contributed by atoms with van der Waals surface area (Å²) >= 11 is 0. The van der Waals surface area contributed by atoms with Gasteiger partial charge in [0.2, 0.25) is 5.91 Å². The lowest BCUT2D eigenvalue weighted by Crippen LogP contribution is -2.45. The SMILES string of the molecule is CCCCC[C@@H]1CC(=O)NCCCN1[C@H](C)c1ccccc1. The van der Waals surface area contributed by atoms with E-state index in [9.17, 15) is 4.79 Å². The predicted octanol–water partition coefficient (Wildman–Crippen LogP) is 3.91. The van der Waals surface area contributed by atoms with Crippen LogP contribution in [0.3, 0.4) is 0 Å². The molecule has 1 aliphatic heterocycles. The second-order valence-corrected chi connectivity index (χ2v) is 6.38. The Morgan fingerprint density at radius 1 is 1.27 bits per heavy atom. The topological polar surface area (TPSA) is 32.3 Å². The van der Waals surface area contributed by atoms with Crippen molar-refractivity contribution in [1.82, 2.24) is 10.2 Å². The van der Waals surface area contributed by atoms with Crippen LogP contribution in [0.5, 0.6) is 0 Å².